The van der Waals surface area contributed by atoms with Crippen molar-refractivity contribution in [3.8, 4) is 11.8 Å². The summed E-state index contributed by atoms with van der Waals surface area (Å²) in [5, 5.41) is 8.14. The Morgan fingerprint density at radius 2 is 2.00 bits per heavy atom. The molecule has 0 aromatic heterocycles. The molecule has 2 nitrogen and oxygen atoms in total. The molecule has 1 aliphatic heterocycles. The number of nitrogens with zero attached hydrogens (tertiary/aromatic N) is 1. The second-order valence-electron chi connectivity index (χ2n) is 4.27. The summed E-state index contributed by atoms with van der Waals surface area (Å²) in [4.78, 5) is 2.16. The van der Waals surface area contributed by atoms with E-state index in [-0.39, 0.29) is 6.61 Å². The van der Waals surface area contributed by atoms with E-state index in [4.69, 9.17) is 5.11 Å². The van der Waals surface area contributed by atoms with E-state index in [9.17, 15) is 4.39 Å². The second kappa shape index (κ2) is 14.5. The Morgan fingerprint density at radius 1 is 1.39 bits per heavy atom. The third-order valence-corrected chi connectivity index (χ3v) is 2.37. The average Bonchev–Trinajstić information content (AvgIpc) is 2.39. The number of aliphatic hydroxyl groups is 1. The fourth-order valence-corrected chi connectivity index (χ4v) is 1.54. The third-order valence-electron chi connectivity index (χ3n) is 2.37. The molecule has 18 heavy (non-hydrogen) atoms. The summed E-state index contributed by atoms with van der Waals surface area (Å²) in [6, 6.07) is 0. The standard InChI is InChI=1S/C7H14FN.C6H10O.C2H6/c1-2-9-5-3-4-7(8)6-9;1-6(2)4-3-5-7;1-2/h7H,2-6H2,1H3;6-7H,5H2,1-2H3;1-2H3/t7-;;/m1../s1. The molecule has 1 aliphatic rings. The molecule has 0 spiro atoms. The van der Waals surface area contributed by atoms with Gasteiger partial charge >= 0.3 is 0 Å². The number of hydrogen-bond donors (Lipinski definition) is 1. The summed E-state index contributed by atoms with van der Waals surface area (Å²) in [6.45, 7) is 12.8. The molecule has 1 atom stereocenters. The minimum Gasteiger partial charge on any atom is -0.384 e. The van der Waals surface area contributed by atoms with Gasteiger partial charge in [-0.05, 0) is 25.9 Å². The van der Waals surface area contributed by atoms with Crippen LogP contribution in [-0.4, -0.2) is 42.4 Å². The fourth-order valence-electron chi connectivity index (χ4n) is 1.54. The zero-order chi connectivity index (χ0) is 14.4. The van der Waals surface area contributed by atoms with Gasteiger partial charge in [-0.2, -0.15) is 0 Å². The van der Waals surface area contributed by atoms with Crippen LogP contribution < -0.4 is 0 Å². The third kappa shape index (κ3) is 13.5. The van der Waals surface area contributed by atoms with Crippen LogP contribution in [0.5, 0.6) is 0 Å². The number of rotatable bonds is 1. The molecule has 1 N–H and O–H groups in total. The van der Waals surface area contributed by atoms with Crippen LogP contribution in [0, 0.1) is 17.8 Å². The molecule has 0 saturated carbocycles. The maximum Gasteiger partial charge on any atom is 0.113 e. The van der Waals surface area contributed by atoms with E-state index in [1.807, 2.05) is 27.7 Å². The SMILES string of the molecule is CC.CC(C)C#CCO.CCN1CCC[C@@H](F)C1. The summed E-state index contributed by atoms with van der Waals surface area (Å²) in [5.74, 6) is 5.73. The molecule has 0 aromatic carbocycles. The Labute approximate surface area is 113 Å². The van der Waals surface area contributed by atoms with Gasteiger partial charge in [-0.1, -0.05) is 46.5 Å². The number of likely N-dealkylation sites (tertiary alicyclic amines) is 1. The highest BCUT2D eigenvalue weighted by molar-refractivity contribution is 5.00. The predicted octanol–water partition coefficient (Wildman–Crippen LogP) is 3.10. The molecule has 3 heteroatoms. The van der Waals surface area contributed by atoms with Crippen LogP contribution in [0.1, 0.15) is 47.5 Å². The number of piperidine rings is 1. The van der Waals surface area contributed by atoms with Crippen molar-refractivity contribution in [3.05, 3.63) is 0 Å². The van der Waals surface area contributed by atoms with Crippen molar-refractivity contribution < 1.29 is 9.50 Å². The van der Waals surface area contributed by atoms with Gasteiger partial charge in [0, 0.05) is 12.5 Å². The first kappa shape index (κ1) is 19.7. The van der Waals surface area contributed by atoms with Crippen molar-refractivity contribution in [2.24, 2.45) is 5.92 Å². The molecule has 1 fully saturated rings. The summed E-state index contributed by atoms with van der Waals surface area (Å²) >= 11 is 0. The highest BCUT2D eigenvalue weighted by atomic mass is 19.1. The Morgan fingerprint density at radius 3 is 2.28 bits per heavy atom. The summed E-state index contributed by atoms with van der Waals surface area (Å²) < 4.78 is 12.6. The molecule has 1 heterocycles. The smallest absolute Gasteiger partial charge is 0.113 e. The van der Waals surface area contributed by atoms with E-state index in [2.05, 4.69) is 23.7 Å². The Bertz CT molecular complexity index is 220. The zero-order valence-corrected chi connectivity index (χ0v) is 12.7. The monoisotopic (exact) mass is 259 g/mol. The van der Waals surface area contributed by atoms with Crippen LogP contribution in [0.15, 0.2) is 0 Å². The van der Waals surface area contributed by atoms with Gasteiger partial charge in [-0.3, -0.25) is 0 Å². The lowest BCUT2D eigenvalue weighted by Gasteiger charge is -2.27. The topological polar surface area (TPSA) is 23.5 Å². The van der Waals surface area contributed by atoms with Gasteiger partial charge in [0.05, 0.1) is 0 Å². The van der Waals surface area contributed by atoms with E-state index in [1.54, 1.807) is 0 Å². The minimum atomic E-state index is -0.557. The zero-order valence-electron chi connectivity index (χ0n) is 12.7. The van der Waals surface area contributed by atoms with Crippen molar-refractivity contribution >= 4 is 0 Å². The Balaban J connectivity index is 0. The number of alkyl halides is 1. The van der Waals surface area contributed by atoms with Gasteiger partial charge in [0.25, 0.3) is 0 Å². The van der Waals surface area contributed by atoms with Crippen molar-refractivity contribution in [3.63, 3.8) is 0 Å². The molecular formula is C15H30FNO. The van der Waals surface area contributed by atoms with Crippen molar-refractivity contribution in [1.82, 2.24) is 4.90 Å². The lowest BCUT2D eigenvalue weighted by Crippen LogP contribution is -2.35. The number of halogens is 1. The fraction of sp³-hybridized carbons (Fsp3) is 0.867. The molecule has 0 amide bonds. The quantitative estimate of drug-likeness (QED) is 0.731. The van der Waals surface area contributed by atoms with Crippen LogP contribution in [0.4, 0.5) is 4.39 Å². The van der Waals surface area contributed by atoms with Crippen molar-refractivity contribution in [2.75, 3.05) is 26.2 Å². The summed E-state index contributed by atoms with van der Waals surface area (Å²) in [6.07, 6.45) is 1.25. The van der Waals surface area contributed by atoms with E-state index in [1.165, 1.54) is 0 Å². The van der Waals surface area contributed by atoms with E-state index in [0.29, 0.717) is 12.5 Å². The van der Waals surface area contributed by atoms with Crippen molar-refractivity contribution in [2.45, 2.75) is 53.6 Å². The number of hydrogen-bond acceptors (Lipinski definition) is 2. The largest absolute Gasteiger partial charge is 0.384 e. The van der Waals surface area contributed by atoms with Gasteiger partial charge in [0.15, 0.2) is 0 Å². The number of aliphatic hydroxyl groups excluding tert-OH is 1. The highest BCUT2D eigenvalue weighted by Gasteiger charge is 2.16. The van der Waals surface area contributed by atoms with Crippen LogP contribution in [-0.2, 0) is 0 Å². The van der Waals surface area contributed by atoms with Crippen LogP contribution in [0.2, 0.25) is 0 Å². The first-order valence-corrected chi connectivity index (χ1v) is 7.05. The lowest BCUT2D eigenvalue weighted by atomic mass is 10.1. The average molecular weight is 259 g/mol. The summed E-state index contributed by atoms with van der Waals surface area (Å²) in [5.41, 5.74) is 0. The summed E-state index contributed by atoms with van der Waals surface area (Å²) in [7, 11) is 0. The maximum atomic E-state index is 12.6. The predicted molar refractivity (Wildman–Crippen MR) is 77.3 cm³/mol. The van der Waals surface area contributed by atoms with Gasteiger partial charge in [-0.25, -0.2) is 4.39 Å². The van der Waals surface area contributed by atoms with E-state index >= 15 is 0 Å². The lowest BCUT2D eigenvalue weighted by molar-refractivity contribution is 0.144. The van der Waals surface area contributed by atoms with E-state index < -0.39 is 6.17 Å². The molecule has 0 unspecified atom stereocenters. The molecule has 0 bridgehead atoms. The van der Waals surface area contributed by atoms with E-state index in [0.717, 1.165) is 25.9 Å². The van der Waals surface area contributed by atoms with Crippen LogP contribution >= 0.6 is 0 Å². The molecule has 1 saturated heterocycles. The molecule has 0 aliphatic carbocycles. The van der Waals surface area contributed by atoms with Crippen LogP contribution in [0.25, 0.3) is 0 Å². The molecule has 1 rings (SSSR count). The maximum absolute atomic E-state index is 12.6. The first-order chi connectivity index (χ1) is 8.60. The van der Waals surface area contributed by atoms with Crippen molar-refractivity contribution in [1.29, 1.82) is 0 Å². The minimum absolute atomic E-state index is 0.0157. The first-order valence-electron chi connectivity index (χ1n) is 7.05. The molecule has 0 radical (unpaired) electrons. The van der Waals surface area contributed by atoms with Crippen LogP contribution in [0.3, 0.4) is 0 Å². The van der Waals surface area contributed by atoms with Gasteiger partial charge in [0.1, 0.15) is 12.8 Å². The molecule has 0 aromatic rings. The van der Waals surface area contributed by atoms with Gasteiger partial charge in [-0.15, -0.1) is 0 Å². The highest BCUT2D eigenvalue weighted by Crippen LogP contribution is 2.11. The molecule has 108 valence electrons. The Kier molecular flexibility index (Phi) is 15.9. The Hall–Kier alpha value is -0.590. The van der Waals surface area contributed by atoms with Gasteiger partial charge < -0.3 is 10.0 Å². The second-order valence-corrected chi connectivity index (χ2v) is 4.27. The normalized spacial score (nSPS) is 18.8. The van der Waals surface area contributed by atoms with Gasteiger partial charge in [0.2, 0.25) is 0 Å². The molecular weight excluding hydrogens is 229 g/mol.